The van der Waals surface area contributed by atoms with E-state index >= 15 is 0 Å². The summed E-state index contributed by atoms with van der Waals surface area (Å²) in [7, 11) is 2.21. The van der Waals surface area contributed by atoms with E-state index in [9.17, 15) is 5.11 Å². The number of hydrogen-bond acceptors (Lipinski definition) is 4. The Bertz CT molecular complexity index is 262. The first-order chi connectivity index (χ1) is 10.0. The summed E-state index contributed by atoms with van der Waals surface area (Å²) in [4.78, 5) is 2.42. The zero-order chi connectivity index (χ0) is 15.7. The molecule has 0 aliphatic carbocycles. The molecule has 1 aliphatic heterocycles. The first-order valence-electron chi connectivity index (χ1n) is 8.66. The number of nitrogens with one attached hydrogen (secondary N) is 1. The molecule has 0 aromatic carbocycles. The van der Waals surface area contributed by atoms with Crippen LogP contribution in [0, 0.1) is 5.92 Å². The van der Waals surface area contributed by atoms with Crippen molar-refractivity contribution in [3.8, 4) is 0 Å². The van der Waals surface area contributed by atoms with Crippen LogP contribution in [0.1, 0.15) is 52.9 Å². The highest BCUT2D eigenvalue weighted by Crippen LogP contribution is 2.19. The molecule has 0 aromatic heterocycles. The molecule has 1 fully saturated rings. The third-order valence-corrected chi connectivity index (χ3v) is 4.59. The van der Waals surface area contributed by atoms with Crippen molar-refractivity contribution in [2.45, 2.75) is 64.5 Å². The van der Waals surface area contributed by atoms with Crippen LogP contribution in [0.5, 0.6) is 0 Å². The molecule has 1 saturated heterocycles. The molecule has 21 heavy (non-hydrogen) atoms. The van der Waals surface area contributed by atoms with E-state index in [0.717, 1.165) is 45.6 Å². The zero-order valence-electron chi connectivity index (χ0n) is 14.5. The summed E-state index contributed by atoms with van der Waals surface area (Å²) >= 11 is 0. The Morgan fingerprint density at radius 3 is 2.71 bits per heavy atom. The largest absolute Gasteiger partial charge is 0.394 e. The molecular formula is C17H36N2O2. The summed E-state index contributed by atoms with van der Waals surface area (Å²) in [5.41, 5.74) is -0.108. The summed E-state index contributed by atoms with van der Waals surface area (Å²) in [5.74, 6) is 0.700. The van der Waals surface area contributed by atoms with Gasteiger partial charge in [-0.25, -0.2) is 0 Å². The van der Waals surface area contributed by atoms with Crippen molar-refractivity contribution in [2.24, 2.45) is 5.92 Å². The first kappa shape index (κ1) is 18.9. The van der Waals surface area contributed by atoms with Crippen LogP contribution in [0.4, 0.5) is 0 Å². The van der Waals surface area contributed by atoms with Crippen molar-refractivity contribution in [1.82, 2.24) is 10.2 Å². The normalized spacial score (nSPS) is 22.7. The van der Waals surface area contributed by atoms with Gasteiger partial charge in [0.25, 0.3) is 0 Å². The van der Waals surface area contributed by atoms with Crippen LogP contribution >= 0.6 is 0 Å². The minimum absolute atomic E-state index is 0.108. The van der Waals surface area contributed by atoms with Gasteiger partial charge in [-0.05, 0) is 51.6 Å². The third-order valence-electron chi connectivity index (χ3n) is 4.59. The molecule has 4 nitrogen and oxygen atoms in total. The van der Waals surface area contributed by atoms with Gasteiger partial charge in [0.15, 0.2) is 0 Å². The smallest absolute Gasteiger partial charge is 0.0613 e. The molecule has 1 rings (SSSR count). The van der Waals surface area contributed by atoms with E-state index < -0.39 is 0 Å². The van der Waals surface area contributed by atoms with Gasteiger partial charge in [-0.2, -0.15) is 0 Å². The van der Waals surface area contributed by atoms with Gasteiger partial charge >= 0.3 is 0 Å². The second kappa shape index (κ2) is 9.78. The quantitative estimate of drug-likeness (QED) is 0.649. The van der Waals surface area contributed by atoms with Crippen LogP contribution in [-0.4, -0.2) is 61.5 Å². The molecule has 2 unspecified atom stereocenters. The fraction of sp³-hybridized carbons (Fsp3) is 1.00. The minimum atomic E-state index is -0.108. The number of hydrogen-bond donors (Lipinski definition) is 2. The van der Waals surface area contributed by atoms with Crippen molar-refractivity contribution in [3.63, 3.8) is 0 Å². The molecule has 0 spiro atoms. The van der Waals surface area contributed by atoms with Crippen molar-refractivity contribution < 1.29 is 9.84 Å². The Balaban J connectivity index is 2.28. The Morgan fingerprint density at radius 2 is 2.19 bits per heavy atom. The SMILES string of the molecule is CCC(CO)(CCCN(C)CC1CCCOC1)NC(C)C. The van der Waals surface area contributed by atoms with Crippen molar-refractivity contribution in [3.05, 3.63) is 0 Å². The molecule has 0 radical (unpaired) electrons. The molecule has 0 bridgehead atoms. The molecule has 0 saturated carbocycles. The fourth-order valence-electron chi connectivity index (χ4n) is 3.37. The van der Waals surface area contributed by atoms with E-state index in [-0.39, 0.29) is 12.1 Å². The lowest BCUT2D eigenvalue weighted by Crippen LogP contribution is -2.51. The van der Waals surface area contributed by atoms with E-state index in [1.54, 1.807) is 0 Å². The standard InChI is InChI=1S/C17H36N2O2/c1-5-17(14-20,18-15(2)3)9-7-10-19(4)12-16-8-6-11-21-13-16/h15-16,18,20H,5-14H2,1-4H3. The first-order valence-corrected chi connectivity index (χ1v) is 8.66. The Hall–Kier alpha value is -0.160. The monoisotopic (exact) mass is 300 g/mol. The van der Waals surface area contributed by atoms with Gasteiger partial charge in [0.1, 0.15) is 0 Å². The maximum atomic E-state index is 9.76. The van der Waals surface area contributed by atoms with Gasteiger partial charge in [0.2, 0.25) is 0 Å². The van der Waals surface area contributed by atoms with Crippen molar-refractivity contribution in [2.75, 3.05) is 40.0 Å². The van der Waals surface area contributed by atoms with E-state index in [0.29, 0.717) is 12.0 Å². The second-order valence-electron chi connectivity index (χ2n) is 7.04. The van der Waals surface area contributed by atoms with Crippen molar-refractivity contribution >= 4 is 0 Å². The van der Waals surface area contributed by atoms with Gasteiger partial charge in [0, 0.05) is 24.7 Å². The molecule has 0 aromatic rings. The summed E-state index contributed by atoms with van der Waals surface area (Å²) in [6.07, 6.45) is 5.64. The summed E-state index contributed by atoms with van der Waals surface area (Å²) < 4.78 is 5.55. The highest BCUT2D eigenvalue weighted by molar-refractivity contribution is 4.87. The van der Waals surface area contributed by atoms with Crippen LogP contribution in [0.25, 0.3) is 0 Å². The van der Waals surface area contributed by atoms with Gasteiger partial charge in [-0.15, -0.1) is 0 Å². The molecular weight excluding hydrogens is 264 g/mol. The molecule has 2 N–H and O–H groups in total. The molecule has 2 atom stereocenters. The number of aliphatic hydroxyl groups excluding tert-OH is 1. The molecule has 126 valence electrons. The number of aliphatic hydroxyl groups is 1. The maximum Gasteiger partial charge on any atom is 0.0613 e. The van der Waals surface area contributed by atoms with Crippen LogP contribution in [-0.2, 0) is 4.74 Å². The van der Waals surface area contributed by atoms with Gasteiger partial charge in [-0.3, -0.25) is 0 Å². The van der Waals surface area contributed by atoms with Gasteiger partial charge < -0.3 is 20.1 Å². The van der Waals surface area contributed by atoms with Gasteiger partial charge in [0.05, 0.1) is 13.2 Å². The fourth-order valence-corrected chi connectivity index (χ4v) is 3.37. The van der Waals surface area contributed by atoms with E-state index in [4.69, 9.17) is 4.74 Å². The molecule has 0 amide bonds. The Morgan fingerprint density at radius 1 is 1.43 bits per heavy atom. The second-order valence-corrected chi connectivity index (χ2v) is 7.04. The molecule has 1 heterocycles. The van der Waals surface area contributed by atoms with Crippen LogP contribution in [0.3, 0.4) is 0 Å². The predicted octanol–water partition coefficient (Wildman–Crippen LogP) is 2.26. The van der Waals surface area contributed by atoms with Crippen molar-refractivity contribution in [1.29, 1.82) is 0 Å². The molecule has 1 aliphatic rings. The average Bonchev–Trinajstić information content (AvgIpc) is 2.46. The summed E-state index contributed by atoms with van der Waals surface area (Å²) in [6.45, 7) is 10.8. The highest BCUT2D eigenvalue weighted by atomic mass is 16.5. The summed E-state index contributed by atoms with van der Waals surface area (Å²) in [6, 6.07) is 0.411. The van der Waals surface area contributed by atoms with Crippen LogP contribution in [0.2, 0.25) is 0 Å². The lowest BCUT2D eigenvalue weighted by molar-refractivity contribution is 0.0412. The Kier molecular flexibility index (Phi) is 8.79. The maximum absolute atomic E-state index is 9.76. The topological polar surface area (TPSA) is 44.7 Å². The Labute approximate surface area is 131 Å². The van der Waals surface area contributed by atoms with E-state index in [1.165, 1.54) is 12.8 Å². The van der Waals surface area contributed by atoms with Gasteiger partial charge in [-0.1, -0.05) is 20.8 Å². The van der Waals surface area contributed by atoms with E-state index in [2.05, 4.69) is 38.0 Å². The predicted molar refractivity (Wildman–Crippen MR) is 88.7 cm³/mol. The minimum Gasteiger partial charge on any atom is -0.394 e. The summed E-state index contributed by atoms with van der Waals surface area (Å²) in [5, 5.41) is 13.3. The molecule has 4 heteroatoms. The lowest BCUT2D eigenvalue weighted by Gasteiger charge is -2.35. The number of ether oxygens (including phenoxy) is 1. The zero-order valence-corrected chi connectivity index (χ0v) is 14.5. The average molecular weight is 300 g/mol. The number of nitrogens with zero attached hydrogens (tertiary/aromatic N) is 1. The van der Waals surface area contributed by atoms with Crippen LogP contribution in [0.15, 0.2) is 0 Å². The third kappa shape index (κ3) is 7.09. The highest BCUT2D eigenvalue weighted by Gasteiger charge is 2.27. The number of rotatable bonds is 10. The van der Waals surface area contributed by atoms with E-state index in [1.807, 2.05) is 0 Å². The van der Waals surface area contributed by atoms with Crippen LogP contribution < -0.4 is 5.32 Å². The lowest BCUT2D eigenvalue weighted by atomic mass is 9.90.